The molecule has 3 aromatic carbocycles. The molecule has 0 saturated heterocycles. The third-order valence-corrected chi connectivity index (χ3v) is 5.02. The Morgan fingerprint density at radius 2 is 1.86 bits per heavy atom. The summed E-state index contributed by atoms with van der Waals surface area (Å²) in [5.74, 6) is 1.27. The number of allylic oxidation sites excluding steroid dienone is 1. The topological polar surface area (TPSA) is 42.2 Å². The van der Waals surface area contributed by atoms with Crippen molar-refractivity contribution < 1.29 is 9.47 Å². The van der Waals surface area contributed by atoms with Crippen molar-refractivity contribution in [1.82, 2.24) is 0 Å². The third kappa shape index (κ3) is 5.28. The maximum Gasteiger partial charge on any atom is 0.161 e. The molecule has 0 radical (unpaired) electrons. The summed E-state index contributed by atoms with van der Waals surface area (Å²) in [6, 6.07) is 23.2. The molecule has 0 unspecified atom stereocenters. The zero-order valence-electron chi connectivity index (χ0n) is 15.2. The van der Waals surface area contributed by atoms with Gasteiger partial charge in [0.15, 0.2) is 11.5 Å². The molecule has 0 aliphatic rings. The molecule has 0 amide bonds. The van der Waals surface area contributed by atoms with Gasteiger partial charge in [0.2, 0.25) is 0 Å². The zero-order valence-corrected chi connectivity index (χ0v) is 18.1. The SMILES string of the molecule is COc1cc(/C=C(/C#N)c2cccc(Cl)c2)ccc1OCc1ccc(I)cc1. The Morgan fingerprint density at radius 3 is 2.54 bits per heavy atom. The number of methoxy groups -OCH3 is 1. The molecular formula is C23H17ClINO2. The number of hydrogen-bond acceptors (Lipinski definition) is 3. The van der Waals surface area contributed by atoms with Gasteiger partial charge in [-0.1, -0.05) is 41.9 Å². The third-order valence-electron chi connectivity index (χ3n) is 4.06. The number of hydrogen-bond donors (Lipinski definition) is 0. The fraction of sp³-hybridized carbons (Fsp3) is 0.0870. The maximum absolute atomic E-state index is 9.52. The summed E-state index contributed by atoms with van der Waals surface area (Å²) in [4.78, 5) is 0. The van der Waals surface area contributed by atoms with Gasteiger partial charge in [-0.15, -0.1) is 0 Å². The summed E-state index contributed by atoms with van der Waals surface area (Å²) >= 11 is 8.31. The number of halogens is 2. The normalized spacial score (nSPS) is 11.0. The van der Waals surface area contributed by atoms with Gasteiger partial charge < -0.3 is 9.47 Å². The van der Waals surface area contributed by atoms with E-state index in [1.54, 1.807) is 25.3 Å². The summed E-state index contributed by atoms with van der Waals surface area (Å²) in [6.45, 7) is 0.453. The minimum atomic E-state index is 0.453. The van der Waals surface area contributed by atoms with Crippen molar-refractivity contribution in [2.75, 3.05) is 7.11 Å². The summed E-state index contributed by atoms with van der Waals surface area (Å²) in [5, 5.41) is 10.1. The van der Waals surface area contributed by atoms with E-state index in [9.17, 15) is 5.26 Å². The smallest absolute Gasteiger partial charge is 0.161 e. The summed E-state index contributed by atoms with van der Waals surface area (Å²) in [7, 11) is 1.60. The van der Waals surface area contributed by atoms with Crippen LogP contribution in [0.25, 0.3) is 11.6 Å². The molecule has 0 heterocycles. The fourth-order valence-electron chi connectivity index (χ4n) is 2.64. The van der Waals surface area contributed by atoms with Crippen molar-refractivity contribution in [3.8, 4) is 17.6 Å². The lowest BCUT2D eigenvalue weighted by atomic mass is 10.0. The quantitative estimate of drug-likeness (QED) is 0.217. The minimum Gasteiger partial charge on any atom is -0.493 e. The maximum atomic E-state index is 9.52. The van der Waals surface area contributed by atoms with Gasteiger partial charge in [-0.05, 0) is 81.8 Å². The number of rotatable bonds is 6. The Kier molecular flexibility index (Phi) is 6.96. The first kappa shape index (κ1) is 20.2. The summed E-state index contributed by atoms with van der Waals surface area (Å²) in [5.41, 5.74) is 3.22. The second kappa shape index (κ2) is 9.63. The Hall–Kier alpha value is -2.49. The van der Waals surface area contributed by atoms with Crippen LogP contribution in [-0.2, 0) is 6.61 Å². The van der Waals surface area contributed by atoms with Crippen LogP contribution in [0.1, 0.15) is 16.7 Å². The van der Waals surface area contributed by atoms with E-state index in [0.29, 0.717) is 28.7 Å². The van der Waals surface area contributed by atoms with Gasteiger partial charge >= 0.3 is 0 Å². The molecule has 28 heavy (non-hydrogen) atoms. The molecule has 3 rings (SSSR count). The predicted octanol–water partition coefficient (Wildman–Crippen LogP) is 6.60. The van der Waals surface area contributed by atoms with Crippen LogP contribution >= 0.6 is 34.2 Å². The van der Waals surface area contributed by atoms with Gasteiger partial charge in [0.1, 0.15) is 6.61 Å². The van der Waals surface area contributed by atoms with E-state index in [1.807, 2.05) is 54.6 Å². The van der Waals surface area contributed by atoms with Crippen LogP contribution in [0.3, 0.4) is 0 Å². The second-order valence-corrected chi connectivity index (χ2v) is 7.69. The van der Waals surface area contributed by atoms with Crippen LogP contribution in [0.4, 0.5) is 0 Å². The highest BCUT2D eigenvalue weighted by Crippen LogP contribution is 2.31. The van der Waals surface area contributed by atoms with Crippen LogP contribution in [0.5, 0.6) is 11.5 Å². The first-order chi connectivity index (χ1) is 13.6. The average Bonchev–Trinajstić information content (AvgIpc) is 2.72. The van der Waals surface area contributed by atoms with Gasteiger partial charge in [0, 0.05) is 8.59 Å². The molecule has 0 N–H and O–H groups in total. The van der Waals surface area contributed by atoms with Crippen molar-refractivity contribution >= 4 is 45.8 Å². The lowest BCUT2D eigenvalue weighted by Crippen LogP contribution is -1.98. The average molecular weight is 502 g/mol. The molecule has 0 atom stereocenters. The molecule has 0 saturated carbocycles. The van der Waals surface area contributed by atoms with E-state index in [4.69, 9.17) is 21.1 Å². The Balaban J connectivity index is 1.82. The molecule has 0 spiro atoms. The Morgan fingerprint density at radius 1 is 1.07 bits per heavy atom. The van der Waals surface area contributed by atoms with Crippen LogP contribution in [0.2, 0.25) is 5.02 Å². The number of ether oxygens (including phenoxy) is 2. The number of nitriles is 1. The number of benzene rings is 3. The van der Waals surface area contributed by atoms with E-state index in [2.05, 4.69) is 28.7 Å². The van der Waals surface area contributed by atoms with Crippen molar-refractivity contribution in [2.24, 2.45) is 0 Å². The van der Waals surface area contributed by atoms with Crippen molar-refractivity contribution in [3.05, 3.63) is 92.0 Å². The standard InChI is InChI=1S/C23H17ClINO2/c1-27-23-12-17(11-19(14-26)18-3-2-4-20(24)13-18)7-10-22(23)28-15-16-5-8-21(25)9-6-16/h2-13H,15H2,1H3/b19-11-. The molecule has 0 aromatic heterocycles. The van der Waals surface area contributed by atoms with Crippen LogP contribution in [0.15, 0.2) is 66.7 Å². The molecule has 140 valence electrons. The Labute approximate surface area is 183 Å². The monoisotopic (exact) mass is 501 g/mol. The van der Waals surface area contributed by atoms with Gasteiger partial charge in [-0.2, -0.15) is 5.26 Å². The molecule has 0 fully saturated rings. The van der Waals surface area contributed by atoms with Crippen molar-refractivity contribution in [2.45, 2.75) is 6.61 Å². The minimum absolute atomic E-state index is 0.453. The fourth-order valence-corrected chi connectivity index (χ4v) is 3.19. The molecule has 0 aliphatic carbocycles. The number of nitrogens with zero attached hydrogens (tertiary/aromatic N) is 1. The van der Waals surface area contributed by atoms with Crippen LogP contribution < -0.4 is 9.47 Å². The predicted molar refractivity (Wildman–Crippen MR) is 121 cm³/mol. The second-order valence-electron chi connectivity index (χ2n) is 6.01. The highest BCUT2D eigenvalue weighted by Gasteiger charge is 2.08. The van der Waals surface area contributed by atoms with E-state index < -0.39 is 0 Å². The lowest BCUT2D eigenvalue weighted by molar-refractivity contribution is 0.284. The lowest BCUT2D eigenvalue weighted by Gasteiger charge is -2.12. The molecule has 5 heteroatoms. The first-order valence-electron chi connectivity index (χ1n) is 8.52. The largest absolute Gasteiger partial charge is 0.493 e. The van der Waals surface area contributed by atoms with Gasteiger partial charge in [-0.25, -0.2) is 0 Å². The van der Waals surface area contributed by atoms with E-state index in [1.165, 1.54) is 3.57 Å². The van der Waals surface area contributed by atoms with E-state index >= 15 is 0 Å². The molecular weight excluding hydrogens is 485 g/mol. The van der Waals surface area contributed by atoms with Crippen molar-refractivity contribution in [3.63, 3.8) is 0 Å². The highest BCUT2D eigenvalue weighted by molar-refractivity contribution is 14.1. The van der Waals surface area contributed by atoms with Crippen LogP contribution in [0, 0.1) is 14.9 Å². The molecule has 0 aliphatic heterocycles. The summed E-state index contributed by atoms with van der Waals surface area (Å²) < 4.78 is 12.6. The first-order valence-corrected chi connectivity index (χ1v) is 9.98. The molecule has 0 bridgehead atoms. The van der Waals surface area contributed by atoms with Crippen molar-refractivity contribution in [1.29, 1.82) is 5.26 Å². The van der Waals surface area contributed by atoms with Crippen LogP contribution in [-0.4, -0.2) is 7.11 Å². The van der Waals surface area contributed by atoms with Gasteiger partial charge in [-0.3, -0.25) is 0 Å². The summed E-state index contributed by atoms with van der Waals surface area (Å²) in [6.07, 6.45) is 1.80. The molecule has 3 aromatic rings. The van der Waals surface area contributed by atoms with E-state index in [0.717, 1.165) is 16.7 Å². The molecule has 3 nitrogen and oxygen atoms in total. The zero-order chi connectivity index (χ0) is 19.9. The Bertz CT molecular complexity index is 1040. The van der Waals surface area contributed by atoms with Gasteiger partial charge in [0.05, 0.1) is 18.8 Å². The van der Waals surface area contributed by atoms with E-state index in [-0.39, 0.29) is 0 Å². The highest BCUT2D eigenvalue weighted by atomic mass is 127. The van der Waals surface area contributed by atoms with Gasteiger partial charge in [0.25, 0.3) is 0 Å².